The Morgan fingerprint density at radius 3 is 1.75 bits per heavy atom. The predicted octanol–water partition coefficient (Wildman–Crippen LogP) is 5.35. The van der Waals surface area contributed by atoms with Crippen LogP contribution in [0, 0.1) is 0 Å². The highest BCUT2D eigenvalue weighted by Gasteiger charge is 2.08. The molecular weight excluding hydrogens is 238 g/mol. The van der Waals surface area contributed by atoms with Crippen LogP contribution in [0.15, 0.2) is 24.3 Å². The van der Waals surface area contributed by atoms with Crippen molar-refractivity contribution in [2.24, 2.45) is 0 Å². The highest BCUT2D eigenvalue weighted by atomic mass is 35.5. The van der Waals surface area contributed by atoms with E-state index in [0.29, 0.717) is 0 Å². The molecule has 1 aromatic rings. The SMILES string of the molecule is CC.CC.CCc1ccccc1CB(Cl)Cl. The maximum atomic E-state index is 5.71. The van der Waals surface area contributed by atoms with Gasteiger partial charge in [0.25, 0.3) is 0 Å². The second-order valence-electron chi connectivity index (χ2n) is 2.72. The van der Waals surface area contributed by atoms with Crippen LogP contribution < -0.4 is 0 Å². The number of hydrogen-bond acceptors (Lipinski definition) is 0. The summed E-state index contributed by atoms with van der Waals surface area (Å²) in [4.78, 5) is 0. The zero-order valence-electron chi connectivity index (χ0n) is 11.1. The summed E-state index contributed by atoms with van der Waals surface area (Å²) in [6.07, 6.45) is 1.78. The van der Waals surface area contributed by atoms with Gasteiger partial charge in [-0.25, -0.2) is 0 Å². The first-order valence-corrected chi connectivity index (χ1v) is 6.96. The van der Waals surface area contributed by atoms with Gasteiger partial charge >= 0.3 is 5.54 Å². The number of aryl methyl sites for hydroxylation is 1. The molecule has 0 bridgehead atoms. The van der Waals surface area contributed by atoms with Crippen molar-refractivity contribution in [1.82, 2.24) is 0 Å². The first kappa shape index (κ1) is 18.2. The minimum atomic E-state index is -0.294. The van der Waals surface area contributed by atoms with Gasteiger partial charge in [-0.3, -0.25) is 0 Å². The summed E-state index contributed by atoms with van der Waals surface area (Å²) in [7, 11) is 0. The van der Waals surface area contributed by atoms with Gasteiger partial charge in [0.15, 0.2) is 0 Å². The average Bonchev–Trinajstić information content (AvgIpc) is 2.34. The summed E-state index contributed by atoms with van der Waals surface area (Å²) in [5.74, 6) is 0. The minimum Gasteiger partial charge on any atom is -0.171 e. The van der Waals surface area contributed by atoms with Crippen LogP contribution in [0.4, 0.5) is 0 Å². The van der Waals surface area contributed by atoms with E-state index in [1.54, 1.807) is 0 Å². The van der Waals surface area contributed by atoms with E-state index in [2.05, 4.69) is 19.1 Å². The van der Waals surface area contributed by atoms with Crippen molar-refractivity contribution in [3.05, 3.63) is 35.4 Å². The zero-order chi connectivity index (χ0) is 13.0. The van der Waals surface area contributed by atoms with E-state index in [1.165, 1.54) is 11.1 Å². The third-order valence-electron chi connectivity index (χ3n) is 1.87. The minimum absolute atomic E-state index is 0.294. The van der Waals surface area contributed by atoms with Crippen molar-refractivity contribution in [1.29, 1.82) is 0 Å². The lowest BCUT2D eigenvalue weighted by Gasteiger charge is -2.05. The first-order chi connectivity index (χ1) is 7.74. The Balaban J connectivity index is 0. The standard InChI is InChI=1S/C9H11BCl2.2C2H6/c1-2-8-5-3-4-6-9(8)7-10(11)12;2*1-2/h3-6H,2,7H2,1H3;2*1-2H3. The zero-order valence-corrected chi connectivity index (χ0v) is 12.6. The smallest absolute Gasteiger partial charge is 0.171 e. The highest BCUT2D eigenvalue weighted by Crippen LogP contribution is 2.13. The highest BCUT2D eigenvalue weighted by molar-refractivity contribution is 7.33. The van der Waals surface area contributed by atoms with Gasteiger partial charge in [0.05, 0.1) is 0 Å². The van der Waals surface area contributed by atoms with Crippen molar-refractivity contribution < 1.29 is 0 Å². The molecule has 0 saturated carbocycles. The molecule has 16 heavy (non-hydrogen) atoms. The summed E-state index contributed by atoms with van der Waals surface area (Å²) < 4.78 is 0. The summed E-state index contributed by atoms with van der Waals surface area (Å²) >= 11 is 11.4. The molecule has 0 unspecified atom stereocenters. The van der Waals surface area contributed by atoms with E-state index in [9.17, 15) is 0 Å². The molecule has 3 heteroatoms. The van der Waals surface area contributed by atoms with Crippen molar-refractivity contribution in [2.75, 3.05) is 0 Å². The maximum Gasteiger partial charge on any atom is 0.355 e. The Bertz CT molecular complexity index is 249. The van der Waals surface area contributed by atoms with Gasteiger partial charge in [-0.1, -0.05) is 58.9 Å². The van der Waals surface area contributed by atoms with Crippen molar-refractivity contribution in [3.8, 4) is 0 Å². The molecule has 0 aromatic heterocycles. The molecule has 92 valence electrons. The fourth-order valence-corrected chi connectivity index (χ4v) is 1.60. The number of halogens is 2. The molecule has 1 rings (SSSR count). The number of benzene rings is 1. The van der Waals surface area contributed by atoms with Crippen molar-refractivity contribution in [3.63, 3.8) is 0 Å². The normalized spacial score (nSPS) is 8.19. The maximum absolute atomic E-state index is 5.71. The van der Waals surface area contributed by atoms with Crippen molar-refractivity contribution >= 4 is 28.5 Å². The van der Waals surface area contributed by atoms with E-state index >= 15 is 0 Å². The van der Waals surface area contributed by atoms with Crippen LogP contribution in [0.5, 0.6) is 0 Å². The largest absolute Gasteiger partial charge is 0.355 e. The van der Waals surface area contributed by atoms with E-state index in [4.69, 9.17) is 22.9 Å². The topological polar surface area (TPSA) is 0 Å². The first-order valence-electron chi connectivity index (χ1n) is 6.09. The Kier molecular flexibility index (Phi) is 14.7. The molecule has 0 heterocycles. The van der Waals surface area contributed by atoms with Crippen LogP contribution in [0.1, 0.15) is 45.7 Å². The van der Waals surface area contributed by atoms with Gasteiger partial charge in [0.2, 0.25) is 0 Å². The fourth-order valence-electron chi connectivity index (χ4n) is 1.27. The Morgan fingerprint density at radius 2 is 1.38 bits per heavy atom. The number of rotatable bonds is 3. The summed E-state index contributed by atoms with van der Waals surface area (Å²) in [6.45, 7) is 10.1. The predicted molar refractivity (Wildman–Crippen MR) is 79.7 cm³/mol. The van der Waals surface area contributed by atoms with Crippen LogP contribution in [0.3, 0.4) is 0 Å². The molecule has 0 aliphatic heterocycles. The van der Waals surface area contributed by atoms with E-state index in [0.717, 1.165) is 12.7 Å². The molecule has 0 amide bonds. The molecular formula is C13H23BCl2. The third-order valence-corrected chi connectivity index (χ3v) is 2.18. The molecule has 0 aliphatic rings. The van der Waals surface area contributed by atoms with E-state index in [-0.39, 0.29) is 5.54 Å². The van der Waals surface area contributed by atoms with Gasteiger partial charge in [0.1, 0.15) is 0 Å². The summed E-state index contributed by atoms with van der Waals surface area (Å²) in [6, 6.07) is 8.26. The Labute approximate surface area is 111 Å². The number of hydrogen-bond donors (Lipinski definition) is 0. The van der Waals surface area contributed by atoms with Crippen LogP contribution in [-0.2, 0) is 12.7 Å². The summed E-state index contributed by atoms with van der Waals surface area (Å²) in [5, 5.41) is 0. The van der Waals surface area contributed by atoms with Crippen LogP contribution in [0.25, 0.3) is 0 Å². The van der Waals surface area contributed by atoms with Gasteiger partial charge in [0, 0.05) is 0 Å². The monoisotopic (exact) mass is 260 g/mol. The molecule has 0 spiro atoms. The second-order valence-corrected chi connectivity index (χ2v) is 3.99. The lowest BCUT2D eigenvalue weighted by Crippen LogP contribution is -2.02. The molecule has 1 aromatic carbocycles. The summed E-state index contributed by atoms with van der Waals surface area (Å²) in [5.41, 5.74) is 2.30. The Morgan fingerprint density at radius 1 is 0.938 bits per heavy atom. The molecule has 0 aliphatic carbocycles. The quantitative estimate of drug-likeness (QED) is 0.643. The molecule has 0 nitrogen and oxygen atoms in total. The van der Waals surface area contributed by atoms with E-state index < -0.39 is 0 Å². The van der Waals surface area contributed by atoms with Gasteiger partial charge in [-0.2, -0.15) is 22.9 Å². The van der Waals surface area contributed by atoms with Crippen LogP contribution >= 0.6 is 22.9 Å². The average molecular weight is 261 g/mol. The van der Waals surface area contributed by atoms with Crippen LogP contribution in [0.2, 0.25) is 0 Å². The van der Waals surface area contributed by atoms with Gasteiger partial charge in [-0.05, 0) is 23.9 Å². The Hall–Kier alpha value is -0.135. The fraction of sp³-hybridized carbons (Fsp3) is 0.538. The molecule has 0 radical (unpaired) electrons. The van der Waals surface area contributed by atoms with Crippen molar-refractivity contribution in [2.45, 2.75) is 47.4 Å². The molecule has 0 atom stereocenters. The molecule has 0 saturated heterocycles. The molecule has 0 fully saturated rings. The lowest BCUT2D eigenvalue weighted by atomic mass is 9.90. The van der Waals surface area contributed by atoms with Crippen LogP contribution in [-0.4, -0.2) is 5.54 Å². The van der Waals surface area contributed by atoms with Gasteiger partial charge < -0.3 is 0 Å². The van der Waals surface area contributed by atoms with E-state index in [1.807, 2.05) is 39.8 Å². The third kappa shape index (κ3) is 8.07. The lowest BCUT2D eigenvalue weighted by molar-refractivity contribution is 1.10. The van der Waals surface area contributed by atoms with Gasteiger partial charge in [-0.15, -0.1) is 0 Å². The second kappa shape index (κ2) is 12.9. The molecule has 0 N–H and O–H groups in total.